The van der Waals surface area contributed by atoms with Gasteiger partial charge in [0.05, 0.1) is 6.61 Å². The topological polar surface area (TPSA) is 80.9 Å². The van der Waals surface area contributed by atoms with E-state index in [2.05, 4.69) is 0 Å². The van der Waals surface area contributed by atoms with Crippen molar-refractivity contribution in [2.24, 2.45) is 0 Å². The second kappa shape index (κ2) is 2.91. The van der Waals surface area contributed by atoms with Gasteiger partial charge in [-0.05, 0) is 18.6 Å². The lowest BCUT2D eigenvalue weighted by Crippen LogP contribution is -1.89. The highest BCUT2D eigenvalue weighted by atomic mass is 16.3. The van der Waals surface area contributed by atoms with Gasteiger partial charge in [0, 0.05) is 5.56 Å². The van der Waals surface area contributed by atoms with E-state index in [9.17, 15) is 5.11 Å². The number of hydrogen-bond donors (Lipinski definition) is 4. The predicted octanol–water partition coefficient (Wildman–Crippen LogP) is 0.604. The third-order valence-electron chi connectivity index (χ3n) is 1.79. The van der Waals surface area contributed by atoms with Gasteiger partial charge in [-0.15, -0.1) is 0 Å². The monoisotopic (exact) mass is 170 g/mol. The summed E-state index contributed by atoms with van der Waals surface area (Å²) in [5, 5.41) is 36.0. The Labute approximate surface area is 69.3 Å². The van der Waals surface area contributed by atoms with Crippen LogP contribution in [-0.2, 0) is 6.61 Å². The maximum absolute atomic E-state index is 9.18. The second-order valence-electron chi connectivity index (χ2n) is 2.54. The average molecular weight is 170 g/mol. The van der Waals surface area contributed by atoms with Crippen LogP contribution in [0.4, 0.5) is 0 Å². The lowest BCUT2D eigenvalue weighted by Gasteiger charge is -2.07. The molecule has 0 saturated heterocycles. The molecule has 66 valence electrons. The van der Waals surface area contributed by atoms with Crippen LogP contribution in [0.5, 0.6) is 17.2 Å². The highest BCUT2D eigenvalue weighted by Crippen LogP contribution is 2.38. The molecule has 0 heterocycles. The van der Waals surface area contributed by atoms with E-state index in [0.29, 0.717) is 11.1 Å². The minimum atomic E-state index is -0.551. The molecule has 0 aliphatic carbocycles. The van der Waals surface area contributed by atoms with Gasteiger partial charge in [-0.1, -0.05) is 0 Å². The van der Waals surface area contributed by atoms with Crippen LogP contribution >= 0.6 is 0 Å². The first-order valence-electron chi connectivity index (χ1n) is 3.42. The largest absolute Gasteiger partial charge is 0.504 e. The smallest absolute Gasteiger partial charge is 0.200 e. The normalized spacial score (nSPS) is 10.2. The third kappa shape index (κ3) is 1.16. The highest BCUT2D eigenvalue weighted by Gasteiger charge is 2.12. The van der Waals surface area contributed by atoms with Crippen molar-refractivity contribution in [1.82, 2.24) is 0 Å². The number of benzene rings is 1. The third-order valence-corrected chi connectivity index (χ3v) is 1.79. The molecule has 0 radical (unpaired) electrons. The average Bonchev–Trinajstić information content (AvgIpc) is 2.08. The number of hydrogen-bond acceptors (Lipinski definition) is 4. The van der Waals surface area contributed by atoms with E-state index >= 15 is 0 Å². The van der Waals surface area contributed by atoms with Gasteiger partial charge in [0.25, 0.3) is 0 Å². The summed E-state index contributed by atoms with van der Waals surface area (Å²) in [7, 11) is 0. The first-order chi connectivity index (χ1) is 5.57. The van der Waals surface area contributed by atoms with E-state index in [0.717, 1.165) is 0 Å². The van der Waals surface area contributed by atoms with Gasteiger partial charge < -0.3 is 20.4 Å². The summed E-state index contributed by atoms with van der Waals surface area (Å²) < 4.78 is 0. The van der Waals surface area contributed by atoms with E-state index in [1.165, 1.54) is 6.07 Å². The molecule has 0 saturated carbocycles. The summed E-state index contributed by atoms with van der Waals surface area (Å²) in [5.41, 5.74) is 0.760. The van der Waals surface area contributed by atoms with Gasteiger partial charge in [-0.3, -0.25) is 0 Å². The van der Waals surface area contributed by atoms with E-state index in [4.69, 9.17) is 15.3 Å². The number of phenols is 3. The quantitative estimate of drug-likeness (QED) is 0.465. The molecule has 4 nitrogen and oxygen atoms in total. The van der Waals surface area contributed by atoms with E-state index in [1.54, 1.807) is 6.92 Å². The maximum Gasteiger partial charge on any atom is 0.200 e. The van der Waals surface area contributed by atoms with E-state index in [1.807, 2.05) is 0 Å². The maximum atomic E-state index is 9.18. The fraction of sp³-hybridized carbons (Fsp3) is 0.250. The molecule has 0 unspecified atom stereocenters. The SMILES string of the molecule is Cc1c(CO)cc(O)c(O)c1O. The Morgan fingerprint density at radius 3 is 2.25 bits per heavy atom. The number of aromatic hydroxyl groups is 3. The molecule has 0 amide bonds. The van der Waals surface area contributed by atoms with Crippen molar-refractivity contribution >= 4 is 0 Å². The van der Waals surface area contributed by atoms with E-state index < -0.39 is 11.5 Å². The molecule has 4 N–H and O–H groups in total. The molecule has 1 rings (SSSR count). The highest BCUT2D eigenvalue weighted by molar-refractivity contribution is 5.56. The molecule has 0 atom stereocenters. The van der Waals surface area contributed by atoms with Crippen molar-refractivity contribution in [3.63, 3.8) is 0 Å². The first kappa shape index (κ1) is 8.67. The molecule has 0 bridgehead atoms. The van der Waals surface area contributed by atoms with Crippen LogP contribution in [0.15, 0.2) is 6.07 Å². The summed E-state index contributed by atoms with van der Waals surface area (Å²) in [5.74, 6) is -1.37. The van der Waals surface area contributed by atoms with Crippen LogP contribution in [0, 0.1) is 6.92 Å². The summed E-state index contributed by atoms with van der Waals surface area (Å²) in [6.07, 6.45) is 0. The number of aliphatic hydroxyl groups excluding tert-OH is 1. The Kier molecular flexibility index (Phi) is 2.10. The zero-order valence-corrected chi connectivity index (χ0v) is 6.57. The molecule has 0 aliphatic rings. The Morgan fingerprint density at radius 2 is 1.75 bits per heavy atom. The minimum absolute atomic E-state index is 0.284. The molecule has 1 aromatic carbocycles. The molecular weight excluding hydrogens is 160 g/mol. The fourth-order valence-corrected chi connectivity index (χ4v) is 0.957. The van der Waals surface area contributed by atoms with Crippen molar-refractivity contribution in [3.05, 3.63) is 17.2 Å². The summed E-state index contributed by atoms with van der Waals surface area (Å²) in [6, 6.07) is 1.21. The van der Waals surface area contributed by atoms with E-state index in [-0.39, 0.29) is 12.4 Å². The van der Waals surface area contributed by atoms with Gasteiger partial charge in [0.2, 0.25) is 5.75 Å². The summed E-state index contributed by atoms with van der Waals surface area (Å²) in [6.45, 7) is 1.26. The van der Waals surface area contributed by atoms with Crippen molar-refractivity contribution in [2.75, 3.05) is 0 Å². The van der Waals surface area contributed by atoms with Crippen LogP contribution < -0.4 is 0 Å². The van der Waals surface area contributed by atoms with Gasteiger partial charge in [0.1, 0.15) is 0 Å². The van der Waals surface area contributed by atoms with Gasteiger partial charge in [-0.25, -0.2) is 0 Å². The predicted molar refractivity (Wildman–Crippen MR) is 42.1 cm³/mol. The molecule has 4 heteroatoms. The summed E-state index contributed by atoms with van der Waals surface area (Å²) >= 11 is 0. The van der Waals surface area contributed by atoms with Crippen molar-refractivity contribution in [3.8, 4) is 17.2 Å². The summed E-state index contributed by atoms with van der Waals surface area (Å²) in [4.78, 5) is 0. The molecule has 0 spiro atoms. The van der Waals surface area contributed by atoms with Crippen LogP contribution in [0.25, 0.3) is 0 Å². The van der Waals surface area contributed by atoms with Gasteiger partial charge in [0.15, 0.2) is 11.5 Å². The number of aliphatic hydroxyl groups is 1. The first-order valence-corrected chi connectivity index (χ1v) is 3.42. The zero-order chi connectivity index (χ0) is 9.30. The Morgan fingerprint density at radius 1 is 1.17 bits per heavy atom. The van der Waals surface area contributed by atoms with Crippen molar-refractivity contribution in [2.45, 2.75) is 13.5 Å². The lowest BCUT2D eigenvalue weighted by molar-refractivity contribution is 0.278. The van der Waals surface area contributed by atoms with Crippen LogP contribution in [0.2, 0.25) is 0 Å². The Hall–Kier alpha value is -1.42. The van der Waals surface area contributed by atoms with Crippen LogP contribution in [0.3, 0.4) is 0 Å². The van der Waals surface area contributed by atoms with Gasteiger partial charge >= 0.3 is 0 Å². The minimum Gasteiger partial charge on any atom is -0.504 e. The molecule has 12 heavy (non-hydrogen) atoms. The molecule has 0 fully saturated rings. The number of rotatable bonds is 1. The second-order valence-corrected chi connectivity index (χ2v) is 2.54. The zero-order valence-electron chi connectivity index (χ0n) is 6.57. The standard InChI is InChI=1S/C8H10O4/c1-4-5(3-9)2-6(10)8(12)7(4)11/h2,9-12H,3H2,1H3. The van der Waals surface area contributed by atoms with Crippen molar-refractivity contribution < 1.29 is 20.4 Å². The molecule has 0 aromatic heterocycles. The lowest BCUT2D eigenvalue weighted by atomic mass is 10.1. The van der Waals surface area contributed by atoms with Crippen LogP contribution in [0.1, 0.15) is 11.1 Å². The Bertz CT molecular complexity index is 306. The van der Waals surface area contributed by atoms with Gasteiger partial charge in [-0.2, -0.15) is 0 Å². The van der Waals surface area contributed by atoms with Crippen LogP contribution in [-0.4, -0.2) is 20.4 Å². The van der Waals surface area contributed by atoms with Crippen molar-refractivity contribution in [1.29, 1.82) is 0 Å². The number of phenolic OH excluding ortho intramolecular Hbond substituents is 3. The fourth-order valence-electron chi connectivity index (χ4n) is 0.957. The molecule has 0 aliphatic heterocycles. The molecular formula is C8H10O4. The molecule has 1 aromatic rings. The Balaban J connectivity index is 3.39.